The predicted molar refractivity (Wildman–Crippen MR) is 85.0 cm³/mol. The smallest absolute Gasteiger partial charge is 0.315 e. The first kappa shape index (κ1) is 16.4. The molecule has 2 N–H and O–H groups in total. The van der Waals surface area contributed by atoms with E-state index in [1.807, 2.05) is 6.92 Å². The molecule has 1 aliphatic carbocycles. The Balaban J connectivity index is 1.64. The van der Waals surface area contributed by atoms with Gasteiger partial charge in [-0.25, -0.2) is 4.79 Å². The zero-order chi connectivity index (χ0) is 15.2. The molecule has 0 aliphatic heterocycles. The van der Waals surface area contributed by atoms with E-state index < -0.39 is 0 Å². The molecular formula is C14H22Cl2N4O. The van der Waals surface area contributed by atoms with Crippen LogP contribution in [0.4, 0.5) is 4.79 Å². The van der Waals surface area contributed by atoms with Gasteiger partial charge in [0.25, 0.3) is 0 Å². The summed E-state index contributed by atoms with van der Waals surface area (Å²) in [4.78, 5) is 11.8. The van der Waals surface area contributed by atoms with Gasteiger partial charge in [0.05, 0.1) is 5.69 Å². The van der Waals surface area contributed by atoms with Gasteiger partial charge < -0.3 is 10.6 Å². The number of carbonyl (C=O) groups is 1. The van der Waals surface area contributed by atoms with Crippen molar-refractivity contribution in [2.75, 3.05) is 6.54 Å². The number of halogens is 2. The third-order valence-electron chi connectivity index (χ3n) is 3.77. The van der Waals surface area contributed by atoms with Crippen LogP contribution >= 0.6 is 23.2 Å². The van der Waals surface area contributed by atoms with Crippen LogP contribution in [0.3, 0.4) is 0 Å². The zero-order valence-corrected chi connectivity index (χ0v) is 13.8. The second-order valence-electron chi connectivity index (χ2n) is 5.50. The summed E-state index contributed by atoms with van der Waals surface area (Å²) in [6.07, 6.45) is 6.65. The first-order valence-electron chi connectivity index (χ1n) is 7.50. The van der Waals surface area contributed by atoms with Gasteiger partial charge in [0, 0.05) is 19.1 Å². The molecule has 1 fully saturated rings. The van der Waals surface area contributed by atoms with Crippen LogP contribution in [-0.4, -0.2) is 28.4 Å². The maximum absolute atomic E-state index is 11.8. The van der Waals surface area contributed by atoms with Crippen LogP contribution in [0.15, 0.2) is 0 Å². The maximum Gasteiger partial charge on any atom is 0.315 e. The lowest BCUT2D eigenvalue weighted by atomic mass is 9.96. The van der Waals surface area contributed by atoms with Gasteiger partial charge in [-0.05, 0) is 26.2 Å². The second kappa shape index (κ2) is 7.90. The van der Waals surface area contributed by atoms with E-state index in [0.717, 1.165) is 25.0 Å². The number of hydrogen-bond donors (Lipinski definition) is 2. The highest BCUT2D eigenvalue weighted by molar-refractivity contribution is 6.41. The van der Waals surface area contributed by atoms with Crippen molar-refractivity contribution in [1.82, 2.24) is 20.4 Å². The van der Waals surface area contributed by atoms with Gasteiger partial charge in [0.1, 0.15) is 10.2 Å². The highest BCUT2D eigenvalue weighted by Crippen LogP contribution is 2.24. The van der Waals surface area contributed by atoms with E-state index in [1.54, 1.807) is 4.68 Å². The van der Waals surface area contributed by atoms with Crippen LogP contribution in [0.2, 0.25) is 10.2 Å². The number of nitrogens with zero attached hydrogens (tertiary/aromatic N) is 2. The first-order valence-corrected chi connectivity index (χ1v) is 8.26. The summed E-state index contributed by atoms with van der Waals surface area (Å²) >= 11 is 12.0. The Kier molecular flexibility index (Phi) is 6.18. The Morgan fingerprint density at radius 3 is 2.67 bits per heavy atom. The Hall–Kier alpha value is -0.940. The average Bonchev–Trinajstić information content (AvgIpc) is 2.72. The fourth-order valence-electron chi connectivity index (χ4n) is 2.59. The molecule has 1 aromatic rings. The number of hydrogen-bond acceptors (Lipinski definition) is 2. The minimum Gasteiger partial charge on any atom is -0.338 e. The van der Waals surface area contributed by atoms with E-state index in [1.165, 1.54) is 19.3 Å². The van der Waals surface area contributed by atoms with E-state index in [9.17, 15) is 4.79 Å². The Bertz CT molecular complexity index is 484. The highest BCUT2D eigenvalue weighted by Gasteiger charge is 2.15. The number of rotatable bonds is 5. The molecule has 1 heterocycles. The van der Waals surface area contributed by atoms with Crippen LogP contribution in [0.5, 0.6) is 0 Å². The molecule has 1 saturated carbocycles. The van der Waals surface area contributed by atoms with E-state index in [-0.39, 0.29) is 6.03 Å². The van der Waals surface area contributed by atoms with E-state index in [0.29, 0.717) is 29.3 Å². The summed E-state index contributed by atoms with van der Waals surface area (Å²) < 4.78 is 1.67. The van der Waals surface area contributed by atoms with Gasteiger partial charge in [-0.2, -0.15) is 5.10 Å². The van der Waals surface area contributed by atoms with Gasteiger partial charge in [0.15, 0.2) is 0 Å². The molecule has 0 aromatic carbocycles. The molecule has 5 nitrogen and oxygen atoms in total. The number of aromatic nitrogens is 2. The van der Waals surface area contributed by atoms with Crippen LogP contribution in [0.1, 0.15) is 44.2 Å². The molecule has 0 atom stereocenters. The van der Waals surface area contributed by atoms with Gasteiger partial charge in [0.2, 0.25) is 0 Å². The van der Waals surface area contributed by atoms with Crippen LogP contribution in [0, 0.1) is 6.92 Å². The van der Waals surface area contributed by atoms with Crippen LogP contribution < -0.4 is 10.6 Å². The largest absolute Gasteiger partial charge is 0.338 e. The lowest BCUT2D eigenvalue weighted by molar-refractivity contribution is 0.232. The molecule has 2 amide bonds. The number of carbonyl (C=O) groups excluding carboxylic acids is 1. The van der Waals surface area contributed by atoms with Crippen molar-refractivity contribution in [3.63, 3.8) is 0 Å². The van der Waals surface area contributed by atoms with E-state index in [4.69, 9.17) is 23.2 Å². The molecule has 0 bridgehead atoms. The predicted octanol–water partition coefficient (Wildman–Crippen LogP) is 3.52. The molecule has 7 heteroatoms. The van der Waals surface area contributed by atoms with Crippen molar-refractivity contribution < 1.29 is 4.79 Å². The van der Waals surface area contributed by atoms with Gasteiger partial charge in [-0.3, -0.25) is 4.68 Å². The van der Waals surface area contributed by atoms with E-state index in [2.05, 4.69) is 15.7 Å². The van der Waals surface area contributed by atoms with Crippen molar-refractivity contribution in [3.05, 3.63) is 15.9 Å². The number of nitrogens with one attached hydrogen (secondary N) is 2. The second-order valence-corrected chi connectivity index (χ2v) is 6.24. The summed E-state index contributed by atoms with van der Waals surface area (Å²) in [5, 5.41) is 11.1. The molecule has 118 valence electrons. The van der Waals surface area contributed by atoms with Crippen LogP contribution in [-0.2, 0) is 6.54 Å². The molecule has 0 spiro atoms. The van der Waals surface area contributed by atoms with Crippen molar-refractivity contribution in [2.45, 2.75) is 58.0 Å². The third kappa shape index (κ3) is 4.78. The number of urea groups is 1. The topological polar surface area (TPSA) is 59.0 Å². The number of aryl methyl sites for hydroxylation is 2. The standard InChI is InChI=1S/C14H22Cl2N4O/c1-10-12(15)13(16)20(19-10)9-5-8-17-14(21)18-11-6-3-2-4-7-11/h11H,2-9H2,1H3,(H2,17,18,21). The summed E-state index contributed by atoms with van der Waals surface area (Å²) in [7, 11) is 0. The molecule has 0 radical (unpaired) electrons. The van der Waals surface area contributed by atoms with Crippen molar-refractivity contribution in [2.24, 2.45) is 0 Å². The van der Waals surface area contributed by atoms with Gasteiger partial charge in [-0.1, -0.05) is 42.5 Å². The minimum absolute atomic E-state index is 0.0809. The Morgan fingerprint density at radius 1 is 1.33 bits per heavy atom. The molecule has 0 unspecified atom stereocenters. The summed E-state index contributed by atoms with van der Waals surface area (Å²) in [5.41, 5.74) is 0.727. The summed E-state index contributed by atoms with van der Waals surface area (Å²) in [5.74, 6) is 0. The first-order chi connectivity index (χ1) is 10.1. The van der Waals surface area contributed by atoms with E-state index >= 15 is 0 Å². The normalized spacial score (nSPS) is 16.0. The van der Waals surface area contributed by atoms with Crippen molar-refractivity contribution in [3.8, 4) is 0 Å². The Labute approximate surface area is 135 Å². The fraction of sp³-hybridized carbons (Fsp3) is 0.714. The molecule has 1 aliphatic rings. The highest BCUT2D eigenvalue weighted by atomic mass is 35.5. The molecule has 0 saturated heterocycles. The summed E-state index contributed by atoms with van der Waals surface area (Å²) in [6.45, 7) is 3.04. The lowest BCUT2D eigenvalue weighted by Crippen LogP contribution is -2.43. The molecular weight excluding hydrogens is 311 g/mol. The molecule has 2 rings (SSSR count). The molecule has 21 heavy (non-hydrogen) atoms. The monoisotopic (exact) mass is 332 g/mol. The van der Waals surface area contributed by atoms with Gasteiger partial charge in [-0.15, -0.1) is 0 Å². The van der Waals surface area contributed by atoms with Crippen molar-refractivity contribution >= 4 is 29.2 Å². The fourth-order valence-corrected chi connectivity index (χ4v) is 2.99. The lowest BCUT2D eigenvalue weighted by Gasteiger charge is -2.22. The maximum atomic E-state index is 11.8. The minimum atomic E-state index is -0.0809. The third-order valence-corrected chi connectivity index (χ3v) is 4.70. The van der Waals surface area contributed by atoms with Crippen LogP contribution in [0.25, 0.3) is 0 Å². The zero-order valence-electron chi connectivity index (χ0n) is 12.3. The average molecular weight is 333 g/mol. The SMILES string of the molecule is Cc1nn(CCCNC(=O)NC2CCCCC2)c(Cl)c1Cl. The summed E-state index contributed by atoms with van der Waals surface area (Å²) in [6, 6.07) is 0.253. The Morgan fingerprint density at radius 2 is 2.05 bits per heavy atom. The quantitative estimate of drug-likeness (QED) is 0.810. The number of amides is 2. The van der Waals surface area contributed by atoms with Crippen molar-refractivity contribution in [1.29, 1.82) is 0 Å². The van der Waals surface area contributed by atoms with Gasteiger partial charge >= 0.3 is 6.03 Å². The molecule has 1 aromatic heterocycles.